The zero-order chi connectivity index (χ0) is 13.6. The highest BCUT2D eigenvalue weighted by Gasteiger charge is 2.21. The summed E-state index contributed by atoms with van der Waals surface area (Å²) in [4.78, 5) is 12.9. The lowest BCUT2D eigenvalue weighted by Gasteiger charge is -2.32. The van der Waals surface area contributed by atoms with E-state index < -0.39 is 0 Å². The molecule has 1 amide bonds. The second-order valence-electron chi connectivity index (χ2n) is 5.68. The highest BCUT2D eigenvalue weighted by Crippen LogP contribution is 2.13. The lowest BCUT2D eigenvalue weighted by atomic mass is 10.0. The molecule has 106 valence electrons. The third kappa shape index (κ3) is 5.80. The van der Waals surface area contributed by atoms with Crippen LogP contribution in [-0.4, -0.2) is 55.7 Å². The van der Waals surface area contributed by atoms with Gasteiger partial charge in [0.1, 0.15) is 0 Å². The number of methoxy groups -OCH3 is 1. The normalized spacial score (nSPS) is 19.1. The van der Waals surface area contributed by atoms with Gasteiger partial charge in [-0.25, -0.2) is 0 Å². The number of piperidine rings is 1. The molecule has 5 heteroatoms. The average molecular weight is 257 g/mol. The number of ether oxygens (including phenoxy) is 1. The predicted molar refractivity (Wildman–Crippen MR) is 72.4 cm³/mol. The number of primary amides is 1. The van der Waals surface area contributed by atoms with Gasteiger partial charge >= 0.3 is 0 Å². The van der Waals surface area contributed by atoms with E-state index in [-0.39, 0.29) is 11.5 Å². The van der Waals surface area contributed by atoms with E-state index >= 15 is 0 Å². The fourth-order valence-electron chi connectivity index (χ4n) is 2.19. The topological polar surface area (TPSA) is 67.6 Å². The first-order valence-electron chi connectivity index (χ1n) is 6.72. The Bertz CT molecular complexity index is 261. The standard InChI is InChI=1S/C13H27N3O2/c1-13(2,18-3)6-7-15-11-4-8-16(9-5-11)10-12(14)17/h11,15H,4-10H2,1-3H3,(H2,14,17). The molecule has 5 nitrogen and oxygen atoms in total. The number of hydrogen-bond acceptors (Lipinski definition) is 4. The van der Waals surface area contributed by atoms with Crippen molar-refractivity contribution in [1.82, 2.24) is 10.2 Å². The Morgan fingerprint density at radius 2 is 2.06 bits per heavy atom. The summed E-state index contributed by atoms with van der Waals surface area (Å²) < 4.78 is 5.39. The minimum atomic E-state index is -0.233. The summed E-state index contributed by atoms with van der Waals surface area (Å²) in [6, 6.07) is 0.557. The number of nitrogens with zero attached hydrogens (tertiary/aromatic N) is 1. The Morgan fingerprint density at radius 1 is 1.44 bits per heavy atom. The Kier molecular flexibility index (Phi) is 6.05. The van der Waals surface area contributed by atoms with Crippen molar-refractivity contribution in [3.05, 3.63) is 0 Å². The smallest absolute Gasteiger partial charge is 0.231 e. The number of hydrogen-bond donors (Lipinski definition) is 2. The Hall–Kier alpha value is -0.650. The van der Waals surface area contributed by atoms with Gasteiger partial charge in [0.15, 0.2) is 0 Å². The van der Waals surface area contributed by atoms with Gasteiger partial charge in [-0.1, -0.05) is 0 Å². The molecule has 1 fully saturated rings. The van der Waals surface area contributed by atoms with Gasteiger partial charge in [-0.05, 0) is 39.7 Å². The summed E-state index contributed by atoms with van der Waals surface area (Å²) in [7, 11) is 1.75. The maximum absolute atomic E-state index is 10.8. The molecule has 0 atom stereocenters. The van der Waals surface area contributed by atoms with E-state index in [2.05, 4.69) is 24.1 Å². The largest absolute Gasteiger partial charge is 0.379 e. The zero-order valence-corrected chi connectivity index (χ0v) is 11.9. The number of rotatable bonds is 7. The average Bonchev–Trinajstić information content (AvgIpc) is 2.30. The fourth-order valence-corrected chi connectivity index (χ4v) is 2.19. The first-order chi connectivity index (χ1) is 8.43. The molecule has 0 aromatic heterocycles. The van der Waals surface area contributed by atoms with Crippen molar-refractivity contribution in [2.24, 2.45) is 5.73 Å². The maximum Gasteiger partial charge on any atom is 0.231 e. The van der Waals surface area contributed by atoms with Crippen molar-refractivity contribution < 1.29 is 9.53 Å². The second-order valence-corrected chi connectivity index (χ2v) is 5.68. The molecule has 0 aromatic carbocycles. The lowest BCUT2D eigenvalue weighted by Crippen LogP contribution is -2.46. The van der Waals surface area contributed by atoms with Crippen LogP contribution in [0.15, 0.2) is 0 Å². The van der Waals surface area contributed by atoms with E-state index in [0.717, 1.165) is 38.9 Å². The summed E-state index contributed by atoms with van der Waals surface area (Å²) in [6.07, 6.45) is 3.17. The minimum Gasteiger partial charge on any atom is -0.379 e. The summed E-state index contributed by atoms with van der Waals surface area (Å²) in [5.41, 5.74) is 5.14. The first kappa shape index (κ1) is 15.4. The molecule has 1 saturated heterocycles. The van der Waals surface area contributed by atoms with Crippen LogP contribution in [0.2, 0.25) is 0 Å². The van der Waals surface area contributed by atoms with Crippen molar-refractivity contribution >= 4 is 5.91 Å². The van der Waals surface area contributed by atoms with Gasteiger partial charge in [-0.15, -0.1) is 0 Å². The van der Waals surface area contributed by atoms with E-state index in [1.165, 1.54) is 0 Å². The van der Waals surface area contributed by atoms with Gasteiger partial charge in [0.25, 0.3) is 0 Å². The highest BCUT2D eigenvalue weighted by molar-refractivity contribution is 5.75. The number of carbonyl (C=O) groups is 1. The Balaban J connectivity index is 2.14. The first-order valence-corrected chi connectivity index (χ1v) is 6.72. The van der Waals surface area contributed by atoms with Crippen molar-refractivity contribution in [1.29, 1.82) is 0 Å². The van der Waals surface area contributed by atoms with Gasteiger partial charge in [-0.3, -0.25) is 9.69 Å². The SMILES string of the molecule is COC(C)(C)CCNC1CCN(CC(N)=O)CC1. The molecule has 3 N–H and O–H groups in total. The van der Waals surface area contributed by atoms with Crippen LogP contribution in [0.25, 0.3) is 0 Å². The van der Waals surface area contributed by atoms with Crippen LogP contribution in [-0.2, 0) is 9.53 Å². The Labute approximate surface area is 110 Å². The third-order valence-corrected chi connectivity index (χ3v) is 3.68. The molecule has 0 aliphatic carbocycles. The van der Waals surface area contributed by atoms with Crippen molar-refractivity contribution in [3.8, 4) is 0 Å². The molecule has 1 aliphatic rings. The van der Waals surface area contributed by atoms with E-state index in [9.17, 15) is 4.79 Å². The molecule has 0 spiro atoms. The second kappa shape index (κ2) is 7.07. The van der Waals surface area contributed by atoms with E-state index in [0.29, 0.717) is 12.6 Å². The molecule has 0 saturated carbocycles. The van der Waals surface area contributed by atoms with Crippen molar-refractivity contribution in [3.63, 3.8) is 0 Å². The van der Waals surface area contributed by atoms with Gasteiger partial charge in [-0.2, -0.15) is 0 Å². The molecular weight excluding hydrogens is 230 g/mol. The lowest BCUT2D eigenvalue weighted by molar-refractivity contribution is -0.119. The van der Waals surface area contributed by atoms with E-state index in [4.69, 9.17) is 10.5 Å². The summed E-state index contributed by atoms with van der Waals surface area (Å²) >= 11 is 0. The monoisotopic (exact) mass is 257 g/mol. The molecular formula is C13H27N3O2. The van der Waals surface area contributed by atoms with Crippen LogP contribution in [0.1, 0.15) is 33.1 Å². The number of carbonyl (C=O) groups excluding carboxylic acids is 1. The van der Waals surface area contributed by atoms with Crippen molar-refractivity contribution in [2.75, 3.05) is 33.3 Å². The zero-order valence-electron chi connectivity index (χ0n) is 11.9. The van der Waals surface area contributed by atoms with Crippen LogP contribution in [0.4, 0.5) is 0 Å². The number of amides is 1. The third-order valence-electron chi connectivity index (χ3n) is 3.68. The van der Waals surface area contributed by atoms with Crippen LogP contribution in [0.3, 0.4) is 0 Å². The minimum absolute atomic E-state index is 0.0559. The summed E-state index contributed by atoms with van der Waals surface area (Å²) in [6.45, 7) is 7.47. The number of likely N-dealkylation sites (tertiary alicyclic amines) is 1. The Morgan fingerprint density at radius 3 is 2.56 bits per heavy atom. The van der Waals surface area contributed by atoms with Crippen LogP contribution in [0.5, 0.6) is 0 Å². The van der Waals surface area contributed by atoms with Crippen molar-refractivity contribution in [2.45, 2.75) is 44.8 Å². The van der Waals surface area contributed by atoms with Crippen LogP contribution >= 0.6 is 0 Å². The molecule has 0 unspecified atom stereocenters. The molecule has 0 aromatic rings. The van der Waals surface area contributed by atoms with Crippen LogP contribution in [0, 0.1) is 0 Å². The molecule has 1 heterocycles. The maximum atomic E-state index is 10.8. The highest BCUT2D eigenvalue weighted by atomic mass is 16.5. The number of nitrogens with one attached hydrogen (secondary N) is 1. The van der Waals surface area contributed by atoms with Gasteiger partial charge in [0.2, 0.25) is 5.91 Å². The molecule has 18 heavy (non-hydrogen) atoms. The molecule has 0 radical (unpaired) electrons. The molecule has 1 rings (SSSR count). The van der Waals surface area contributed by atoms with Gasteiger partial charge in [0.05, 0.1) is 12.1 Å². The van der Waals surface area contributed by atoms with E-state index in [1.54, 1.807) is 7.11 Å². The summed E-state index contributed by atoms with van der Waals surface area (Å²) in [5, 5.41) is 3.56. The molecule has 0 bridgehead atoms. The van der Waals surface area contributed by atoms with Gasteiger partial charge in [0, 0.05) is 26.2 Å². The van der Waals surface area contributed by atoms with Crippen LogP contribution < -0.4 is 11.1 Å². The number of nitrogens with two attached hydrogens (primary N) is 1. The van der Waals surface area contributed by atoms with Gasteiger partial charge < -0.3 is 15.8 Å². The summed E-state index contributed by atoms with van der Waals surface area (Å²) in [5.74, 6) is -0.233. The quantitative estimate of drug-likeness (QED) is 0.690. The van der Waals surface area contributed by atoms with E-state index in [1.807, 2.05) is 0 Å². The fraction of sp³-hybridized carbons (Fsp3) is 0.923. The predicted octanol–water partition coefficient (Wildman–Crippen LogP) is 0.341. The molecule has 1 aliphatic heterocycles.